The lowest BCUT2D eigenvalue weighted by molar-refractivity contribution is -0.304. The fourth-order valence-electron chi connectivity index (χ4n) is 3.70. The molecule has 0 aliphatic carbocycles. The summed E-state index contributed by atoms with van der Waals surface area (Å²) in [4.78, 5) is 0. The van der Waals surface area contributed by atoms with Crippen molar-refractivity contribution in [3.8, 4) is 11.1 Å². The molecule has 0 saturated heterocycles. The van der Waals surface area contributed by atoms with E-state index in [1.807, 2.05) is 38.1 Å². The van der Waals surface area contributed by atoms with Crippen LogP contribution in [0, 0.1) is 11.6 Å². The van der Waals surface area contributed by atoms with E-state index >= 15 is 0 Å². The average molecular weight is 449 g/mol. The van der Waals surface area contributed by atoms with Crippen LogP contribution in [0.1, 0.15) is 83.8 Å². The molecule has 2 aromatic rings. The maximum atomic E-state index is 13.6. The minimum absolute atomic E-state index is 0.159. The van der Waals surface area contributed by atoms with E-state index in [-0.39, 0.29) is 6.10 Å². The number of rotatable bonds is 16. The van der Waals surface area contributed by atoms with E-state index in [1.165, 1.54) is 44.6 Å². The second-order valence-electron chi connectivity index (χ2n) is 7.98. The van der Waals surface area contributed by atoms with Gasteiger partial charge in [0.25, 0.3) is 6.48 Å². The number of hydrogen-bond donors (Lipinski definition) is 0. The Balaban J connectivity index is 2.06. The first-order valence-corrected chi connectivity index (χ1v) is 12.0. The molecule has 0 radical (unpaired) electrons. The van der Waals surface area contributed by atoms with Crippen molar-refractivity contribution in [1.82, 2.24) is 0 Å². The molecular weight excluding hydrogens is 410 g/mol. The first-order valence-electron chi connectivity index (χ1n) is 12.0. The van der Waals surface area contributed by atoms with E-state index in [9.17, 15) is 8.78 Å². The first-order chi connectivity index (χ1) is 15.6. The van der Waals surface area contributed by atoms with Gasteiger partial charge in [0.05, 0.1) is 6.10 Å². The van der Waals surface area contributed by atoms with Gasteiger partial charge >= 0.3 is 0 Å². The second kappa shape index (κ2) is 15.1. The third kappa shape index (κ3) is 8.97. The molecule has 178 valence electrons. The Bertz CT molecular complexity index is 758. The van der Waals surface area contributed by atoms with Crippen LogP contribution >= 0.6 is 0 Å². The van der Waals surface area contributed by atoms with E-state index in [1.54, 1.807) is 6.07 Å². The van der Waals surface area contributed by atoms with Gasteiger partial charge in [-0.25, -0.2) is 8.78 Å². The average Bonchev–Trinajstić information content (AvgIpc) is 2.80. The van der Waals surface area contributed by atoms with Gasteiger partial charge in [-0.05, 0) is 49.1 Å². The van der Waals surface area contributed by atoms with Gasteiger partial charge in [0.2, 0.25) is 0 Å². The van der Waals surface area contributed by atoms with Gasteiger partial charge < -0.3 is 14.2 Å². The Labute approximate surface area is 192 Å². The molecule has 0 aliphatic rings. The first kappa shape index (κ1) is 26.4. The minimum atomic E-state index is -0.844. The van der Waals surface area contributed by atoms with E-state index < -0.39 is 18.1 Å². The van der Waals surface area contributed by atoms with Crippen LogP contribution in [0.25, 0.3) is 11.1 Å². The summed E-state index contributed by atoms with van der Waals surface area (Å²) in [5.41, 5.74) is 2.49. The molecule has 0 fully saturated rings. The molecule has 0 spiro atoms. The van der Waals surface area contributed by atoms with Crippen LogP contribution in [-0.4, -0.2) is 19.7 Å². The Kier molecular flexibility index (Phi) is 12.5. The van der Waals surface area contributed by atoms with Crippen LogP contribution in [0.15, 0.2) is 42.5 Å². The van der Waals surface area contributed by atoms with E-state index in [0.717, 1.165) is 30.0 Å². The predicted molar refractivity (Wildman–Crippen MR) is 125 cm³/mol. The lowest BCUT2D eigenvalue weighted by Crippen LogP contribution is -2.24. The molecule has 3 nitrogen and oxygen atoms in total. The second-order valence-corrected chi connectivity index (χ2v) is 7.98. The predicted octanol–water partition coefficient (Wildman–Crippen LogP) is 8.19. The molecule has 32 heavy (non-hydrogen) atoms. The third-order valence-corrected chi connectivity index (χ3v) is 5.49. The van der Waals surface area contributed by atoms with Gasteiger partial charge in [-0.2, -0.15) is 0 Å². The minimum Gasteiger partial charge on any atom is -0.330 e. The lowest BCUT2D eigenvalue weighted by atomic mass is 9.98. The summed E-state index contributed by atoms with van der Waals surface area (Å²) in [5.74, 6) is -1.69. The van der Waals surface area contributed by atoms with Crippen molar-refractivity contribution in [2.24, 2.45) is 0 Å². The summed E-state index contributed by atoms with van der Waals surface area (Å²) in [6, 6.07) is 11.8. The van der Waals surface area contributed by atoms with Gasteiger partial charge in [-0.1, -0.05) is 82.2 Å². The van der Waals surface area contributed by atoms with Crippen molar-refractivity contribution < 1.29 is 23.0 Å². The molecule has 5 heteroatoms. The lowest BCUT2D eigenvalue weighted by Gasteiger charge is -2.25. The number of benzene rings is 2. The van der Waals surface area contributed by atoms with Crippen molar-refractivity contribution in [3.63, 3.8) is 0 Å². The Morgan fingerprint density at radius 2 is 1.28 bits per heavy atom. The maximum absolute atomic E-state index is 13.6. The molecule has 1 unspecified atom stereocenters. The highest BCUT2D eigenvalue weighted by molar-refractivity contribution is 5.63. The topological polar surface area (TPSA) is 27.7 Å². The smallest absolute Gasteiger partial charge is 0.272 e. The van der Waals surface area contributed by atoms with Crippen molar-refractivity contribution in [2.75, 3.05) is 13.2 Å². The van der Waals surface area contributed by atoms with Crippen LogP contribution in [-0.2, 0) is 14.2 Å². The number of hydrogen-bond acceptors (Lipinski definition) is 3. The Hall–Kier alpha value is -1.82. The monoisotopic (exact) mass is 448 g/mol. The van der Waals surface area contributed by atoms with E-state index in [0.29, 0.717) is 18.8 Å². The summed E-state index contributed by atoms with van der Waals surface area (Å²) in [6.45, 7) is 6.36. The number of halogens is 2. The molecule has 0 amide bonds. The highest BCUT2D eigenvalue weighted by Crippen LogP contribution is 2.29. The van der Waals surface area contributed by atoms with Crippen LogP contribution in [0.4, 0.5) is 8.78 Å². The number of unbranched alkanes of at least 4 members (excludes halogenated alkanes) is 6. The normalized spacial score (nSPS) is 12.4. The van der Waals surface area contributed by atoms with Crippen LogP contribution in [0.5, 0.6) is 0 Å². The fraction of sp³-hybridized carbons (Fsp3) is 0.556. The van der Waals surface area contributed by atoms with Gasteiger partial charge in [-0.3, -0.25) is 0 Å². The molecule has 2 rings (SSSR count). The molecule has 0 aromatic heterocycles. The molecule has 0 N–H and O–H groups in total. The molecule has 0 heterocycles. The van der Waals surface area contributed by atoms with Crippen LogP contribution in [0.2, 0.25) is 0 Å². The Morgan fingerprint density at radius 1 is 0.688 bits per heavy atom. The third-order valence-electron chi connectivity index (χ3n) is 5.49. The zero-order chi connectivity index (χ0) is 23.2. The van der Waals surface area contributed by atoms with Gasteiger partial charge in [0.15, 0.2) is 11.6 Å². The molecule has 0 saturated carbocycles. The zero-order valence-electron chi connectivity index (χ0n) is 19.7. The maximum Gasteiger partial charge on any atom is 0.272 e. The Morgan fingerprint density at radius 3 is 1.88 bits per heavy atom. The summed E-state index contributed by atoms with van der Waals surface area (Å²) in [7, 11) is 0. The molecule has 0 bridgehead atoms. The van der Waals surface area contributed by atoms with Crippen LogP contribution < -0.4 is 0 Å². The quantitative estimate of drug-likeness (QED) is 0.191. The molecule has 1 atom stereocenters. The van der Waals surface area contributed by atoms with Crippen molar-refractivity contribution in [3.05, 3.63) is 59.7 Å². The summed E-state index contributed by atoms with van der Waals surface area (Å²) >= 11 is 0. The fourth-order valence-corrected chi connectivity index (χ4v) is 3.70. The van der Waals surface area contributed by atoms with Gasteiger partial charge in [0, 0.05) is 13.2 Å². The van der Waals surface area contributed by atoms with Gasteiger partial charge in [0.1, 0.15) is 0 Å². The molecule has 0 aliphatic heterocycles. The molecular formula is C27H38F2O3. The van der Waals surface area contributed by atoms with Crippen LogP contribution in [0.3, 0.4) is 0 Å². The van der Waals surface area contributed by atoms with Crippen molar-refractivity contribution in [2.45, 2.75) is 84.7 Å². The van der Waals surface area contributed by atoms with Crippen molar-refractivity contribution >= 4 is 0 Å². The summed E-state index contributed by atoms with van der Waals surface area (Å²) in [6.07, 6.45) is 9.33. The summed E-state index contributed by atoms with van der Waals surface area (Å²) < 4.78 is 44.3. The number of ether oxygens (including phenoxy) is 3. The van der Waals surface area contributed by atoms with E-state index in [4.69, 9.17) is 14.2 Å². The largest absolute Gasteiger partial charge is 0.330 e. The standard InChI is InChI=1S/C27H38F2O3/c1-4-7-8-9-10-11-12-13-26(32-27(30-5-2)31-6-3)22-16-14-21(15-17-22)23-18-19-24(28)25(29)20-23/h14-20,26-27H,4-13H2,1-3H3. The van der Waals surface area contributed by atoms with Gasteiger partial charge in [-0.15, -0.1) is 0 Å². The highest BCUT2D eigenvalue weighted by atomic mass is 19.2. The highest BCUT2D eigenvalue weighted by Gasteiger charge is 2.19. The summed E-state index contributed by atoms with van der Waals surface area (Å²) in [5, 5.41) is 0. The zero-order valence-corrected chi connectivity index (χ0v) is 19.7. The van der Waals surface area contributed by atoms with Crippen molar-refractivity contribution in [1.29, 1.82) is 0 Å². The van der Waals surface area contributed by atoms with E-state index in [2.05, 4.69) is 6.92 Å². The SMILES string of the molecule is CCCCCCCCCC(OC(OCC)OCC)c1ccc(-c2ccc(F)c(F)c2)cc1. The molecule has 2 aromatic carbocycles.